The fourth-order valence-electron chi connectivity index (χ4n) is 4.54. The van der Waals surface area contributed by atoms with Gasteiger partial charge in [-0.05, 0) is 12.1 Å². The molecule has 4 N–H and O–H groups in total. The van der Waals surface area contributed by atoms with E-state index in [1.54, 1.807) is 48.8 Å². The number of anilines is 2. The first-order chi connectivity index (χ1) is 19.8. The van der Waals surface area contributed by atoms with E-state index in [1.807, 2.05) is 0 Å². The average Bonchev–Trinajstić information content (AvgIpc) is 3.57. The molecule has 3 aliphatic heterocycles. The molecule has 1 saturated heterocycles. The summed E-state index contributed by atoms with van der Waals surface area (Å²) in [6.45, 7) is -0.0440. The van der Waals surface area contributed by atoms with Gasteiger partial charge in [0.1, 0.15) is 30.3 Å². The quantitative estimate of drug-likeness (QED) is 0.352. The number of nitrogens with zero attached hydrogens (tertiary/aromatic N) is 6. The third-order valence-electron chi connectivity index (χ3n) is 6.59. The average molecular weight is 594 g/mol. The van der Waals surface area contributed by atoms with E-state index in [9.17, 15) is 14.4 Å². The predicted octanol–water partition coefficient (Wildman–Crippen LogP) is 2.15. The molecule has 3 atom stereocenters. The summed E-state index contributed by atoms with van der Waals surface area (Å²) in [6.07, 6.45) is 4.53. The number of nitrogens with one attached hydrogen (secondary N) is 2. The lowest BCUT2D eigenvalue weighted by Gasteiger charge is -2.21. The number of thioether (sulfide) groups is 1. The Morgan fingerprint density at radius 1 is 1.10 bits per heavy atom. The normalized spacial score (nSPS) is 20.7. The largest absolute Gasteiger partial charge is 0.364 e. The molecule has 6 rings (SSSR count). The van der Waals surface area contributed by atoms with Crippen LogP contribution in [-0.4, -0.2) is 79.0 Å². The zero-order valence-electron chi connectivity index (χ0n) is 21.1. The van der Waals surface area contributed by atoms with Crippen LogP contribution in [0.4, 0.5) is 15.8 Å². The Morgan fingerprint density at radius 2 is 1.85 bits per heavy atom. The molecule has 0 bridgehead atoms. The standard InChI is InChI=1S/C26H21ClFN9O3S/c27-16-6-2-1-4-14(16)15-5-3-7-17(20(15)28)33-24(40)18-10-36(18)19(38)11-37-25-22(21(35-37)23(29)39)34-26(41-25)32-13-8-30-12-31-9-13/h1-9,12,18,22,25H,10-11H2,(H2,29,39)(H,32,34)(H,33,40)/t18-,22?,25?,36?/m0/s1. The van der Waals surface area contributed by atoms with E-state index in [-0.39, 0.29) is 36.0 Å². The number of fused-ring (bicyclic) bond motifs is 1. The van der Waals surface area contributed by atoms with Gasteiger partial charge in [-0.3, -0.25) is 19.4 Å². The Morgan fingerprint density at radius 3 is 2.61 bits per heavy atom. The number of aromatic nitrogens is 2. The highest BCUT2D eigenvalue weighted by atomic mass is 35.5. The topological polar surface area (TPSA) is 158 Å². The maximum atomic E-state index is 15.3. The van der Waals surface area contributed by atoms with E-state index in [2.05, 4.69) is 30.7 Å². The molecular formula is C26H21ClFN9O3S. The lowest BCUT2D eigenvalue weighted by atomic mass is 10.0. The Bertz CT molecular complexity index is 1620. The molecule has 12 nitrogen and oxygen atoms in total. The molecule has 1 fully saturated rings. The molecule has 208 valence electrons. The molecule has 2 aromatic carbocycles. The van der Waals surface area contributed by atoms with Crippen molar-refractivity contribution in [3.05, 3.63) is 72.0 Å². The highest BCUT2D eigenvalue weighted by molar-refractivity contribution is 8.15. The van der Waals surface area contributed by atoms with Crippen molar-refractivity contribution in [3.8, 4) is 11.1 Å². The van der Waals surface area contributed by atoms with Crippen LogP contribution in [0.25, 0.3) is 11.1 Å². The molecule has 0 aliphatic carbocycles. The number of halogens is 2. The second-order valence-electron chi connectivity index (χ2n) is 9.28. The van der Waals surface area contributed by atoms with Crippen molar-refractivity contribution in [2.24, 2.45) is 15.8 Å². The molecule has 0 saturated carbocycles. The zero-order chi connectivity index (χ0) is 28.7. The van der Waals surface area contributed by atoms with E-state index in [0.29, 0.717) is 21.4 Å². The van der Waals surface area contributed by atoms with Gasteiger partial charge in [0, 0.05) is 16.1 Å². The number of aliphatic imine (C=N–C) groups is 1. The molecule has 0 radical (unpaired) electrons. The van der Waals surface area contributed by atoms with Crippen LogP contribution in [0, 0.1) is 5.82 Å². The smallest absolute Gasteiger partial charge is 0.267 e. The number of primary amides is 1. The van der Waals surface area contributed by atoms with Crippen LogP contribution in [0.2, 0.25) is 5.02 Å². The number of benzene rings is 2. The third kappa shape index (κ3) is 5.30. The molecule has 4 heterocycles. The number of hydrogen-bond acceptors (Lipinski definition) is 10. The lowest BCUT2D eigenvalue weighted by molar-refractivity contribution is -0.129. The number of carbonyl (C=O) groups excluding carboxylic acids is 3. The van der Waals surface area contributed by atoms with Crippen LogP contribution in [0.15, 0.2) is 71.3 Å². The van der Waals surface area contributed by atoms with Crippen molar-refractivity contribution < 1.29 is 18.8 Å². The van der Waals surface area contributed by atoms with E-state index in [0.717, 1.165) is 0 Å². The Labute approximate surface area is 241 Å². The first-order valence-electron chi connectivity index (χ1n) is 12.4. The molecule has 0 spiro atoms. The van der Waals surface area contributed by atoms with E-state index in [1.165, 1.54) is 34.1 Å². The van der Waals surface area contributed by atoms with Gasteiger partial charge < -0.3 is 21.3 Å². The fourth-order valence-corrected chi connectivity index (χ4v) is 5.92. The zero-order valence-corrected chi connectivity index (χ0v) is 22.6. The minimum atomic E-state index is -0.772. The van der Waals surface area contributed by atoms with Gasteiger partial charge in [-0.25, -0.2) is 19.4 Å². The second-order valence-corrected chi connectivity index (χ2v) is 10.8. The second kappa shape index (κ2) is 10.8. The number of amides is 3. The molecule has 2 unspecified atom stereocenters. The first-order valence-corrected chi connectivity index (χ1v) is 13.6. The molecule has 3 aromatic rings. The van der Waals surface area contributed by atoms with Crippen LogP contribution < -0.4 is 16.4 Å². The van der Waals surface area contributed by atoms with Crippen LogP contribution in [0.3, 0.4) is 0 Å². The van der Waals surface area contributed by atoms with Crippen LogP contribution in [0.1, 0.15) is 0 Å². The summed E-state index contributed by atoms with van der Waals surface area (Å²) in [4.78, 5) is 51.7. The maximum absolute atomic E-state index is 15.3. The SMILES string of the molecule is NC(=O)C1=NN(CC(=O)N2C[C@H]2C(=O)Nc2cccc(-c3ccccc3Cl)c2F)C2SC(Nc3cncnc3)=NC12. The van der Waals surface area contributed by atoms with E-state index in [4.69, 9.17) is 17.3 Å². The summed E-state index contributed by atoms with van der Waals surface area (Å²) in [5.74, 6) is -2.28. The van der Waals surface area contributed by atoms with Gasteiger partial charge in [0.2, 0.25) is 11.8 Å². The number of rotatable bonds is 7. The van der Waals surface area contributed by atoms with Gasteiger partial charge in [-0.1, -0.05) is 53.7 Å². The van der Waals surface area contributed by atoms with Crippen molar-refractivity contribution in [1.29, 1.82) is 0 Å². The van der Waals surface area contributed by atoms with Crippen molar-refractivity contribution in [1.82, 2.24) is 19.9 Å². The number of amidine groups is 1. The highest BCUT2D eigenvalue weighted by Gasteiger charge is 2.49. The molecule has 3 aliphatic rings. The number of carbonyl (C=O) groups is 3. The summed E-state index contributed by atoms with van der Waals surface area (Å²) in [6, 6.07) is 10.0. The molecule has 1 aromatic heterocycles. The highest BCUT2D eigenvalue weighted by Crippen LogP contribution is 2.36. The Balaban J connectivity index is 1.09. The van der Waals surface area contributed by atoms with Crippen LogP contribution in [0.5, 0.6) is 0 Å². The molecule has 3 amide bonds. The molecular weight excluding hydrogens is 573 g/mol. The van der Waals surface area contributed by atoms with Gasteiger partial charge in [-0.15, -0.1) is 0 Å². The van der Waals surface area contributed by atoms with Crippen molar-refractivity contribution >= 4 is 63.3 Å². The molecule has 15 heteroatoms. The summed E-state index contributed by atoms with van der Waals surface area (Å²) < 4.78 is 15.3. The van der Waals surface area contributed by atoms with Crippen molar-refractivity contribution in [3.63, 3.8) is 0 Å². The Kier molecular flexibility index (Phi) is 7.01. The summed E-state index contributed by atoms with van der Waals surface area (Å²) in [5, 5.41) is 11.7. The van der Waals surface area contributed by atoms with Gasteiger partial charge in [0.25, 0.3) is 5.91 Å². The predicted molar refractivity (Wildman–Crippen MR) is 153 cm³/mol. The summed E-state index contributed by atoms with van der Waals surface area (Å²) in [5.41, 5.74) is 6.87. The van der Waals surface area contributed by atoms with Crippen molar-refractivity contribution in [2.75, 3.05) is 23.7 Å². The minimum Gasteiger partial charge on any atom is -0.364 e. The van der Waals surface area contributed by atoms with Gasteiger partial charge >= 0.3 is 0 Å². The van der Waals surface area contributed by atoms with Crippen LogP contribution in [-0.2, 0) is 14.4 Å². The number of hydrazone groups is 1. The monoisotopic (exact) mass is 593 g/mol. The van der Waals surface area contributed by atoms with Crippen molar-refractivity contribution in [2.45, 2.75) is 17.5 Å². The lowest BCUT2D eigenvalue weighted by Crippen LogP contribution is -2.38. The van der Waals surface area contributed by atoms with Gasteiger partial charge in [-0.2, -0.15) is 5.10 Å². The summed E-state index contributed by atoms with van der Waals surface area (Å²) >= 11 is 7.50. The van der Waals surface area contributed by atoms with E-state index >= 15 is 4.39 Å². The number of hydrogen-bond donors (Lipinski definition) is 3. The first kappa shape index (κ1) is 26.7. The third-order valence-corrected chi connectivity index (χ3v) is 8.09. The number of nitrogens with two attached hydrogens (primary N) is 1. The van der Waals surface area contributed by atoms with Crippen LogP contribution >= 0.6 is 23.4 Å². The minimum absolute atomic E-state index is 0.0202. The Hall–Kier alpha value is -4.56. The van der Waals surface area contributed by atoms with Gasteiger partial charge in [0.05, 0.1) is 30.3 Å². The van der Waals surface area contributed by atoms with Gasteiger partial charge in [0.15, 0.2) is 16.7 Å². The fraction of sp³-hybridized carbons (Fsp3) is 0.192. The maximum Gasteiger partial charge on any atom is 0.267 e. The van der Waals surface area contributed by atoms with E-state index < -0.39 is 35.1 Å². The summed E-state index contributed by atoms with van der Waals surface area (Å²) in [7, 11) is 0. The molecule has 41 heavy (non-hydrogen) atoms.